The van der Waals surface area contributed by atoms with E-state index in [1.165, 1.54) is 37.8 Å². The van der Waals surface area contributed by atoms with Gasteiger partial charge in [-0.1, -0.05) is 26.7 Å². The molecule has 0 amide bonds. The maximum Gasteiger partial charge on any atom is 0.0576 e. The van der Waals surface area contributed by atoms with E-state index in [-0.39, 0.29) is 0 Å². The third-order valence-electron chi connectivity index (χ3n) is 4.13. The number of nitrogens with zero attached hydrogens (tertiary/aromatic N) is 1. The molecule has 0 aliphatic heterocycles. The quantitative estimate of drug-likeness (QED) is 0.848. The van der Waals surface area contributed by atoms with Crippen molar-refractivity contribution in [1.82, 2.24) is 10.3 Å². The third-order valence-corrected chi connectivity index (χ3v) is 4.60. The molecule has 1 aliphatic rings. The lowest BCUT2D eigenvalue weighted by Gasteiger charge is -2.33. The lowest BCUT2D eigenvalue weighted by atomic mass is 9.77. The molecule has 1 N–H and O–H groups in total. The molecule has 19 heavy (non-hydrogen) atoms. The second kappa shape index (κ2) is 7.39. The van der Waals surface area contributed by atoms with Gasteiger partial charge < -0.3 is 5.32 Å². The van der Waals surface area contributed by atoms with Crippen LogP contribution >= 0.6 is 15.9 Å². The van der Waals surface area contributed by atoms with Crippen molar-refractivity contribution in [3.8, 4) is 0 Å². The summed E-state index contributed by atoms with van der Waals surface area (Å²) in [6.07, 6.45) is 8.53. The van der Waals surface area contributed by atoms with Crippen LogP contribution in [0.15, 0.2) is 22.8 Å². The van der Waals surface area contributed by atoms with E-state index in [9.17, 15) is 0 Å². The van der Waals surface area contributed by atoms with Crippen LogP contribution in [-0.4, -0.2) is 11.5 Å². The van der Waals surface area contributed by atoms with Crippen molar-refractivity contribution in [2.24, 2.45) is 11.8 Å². The first-order valence-corrected chi connectivity index (χ1v) is 8.34. The average molecular weight is 325 g/mol. The van der Waals surface area contributed by atoms with Crippen molar-refractivity contribution in [2.75, 3.05) is 6.54 Å². The molecular formula is C16H25BrN2. The molecule has 2 nitrogen and oxygen atoms in total. The Labute approximate surface area is 125 Å². The van der Waals surface area contributed by atoms with Crippen LogP contribution in [0.2, 0.25) is 0 Å². The van der Waals surface area contributed by atoms with E-state index in [0.29, 0.717) is 6.04 Å². The molecule has 1 aromatic heterocycles. The van der Waals surface area contributed by atoms with Gasteiger partial charge in [-0.3, -0.25) is 4.98 Å². The lowest BCUT2D eigenvalue weighted by Crippen LogP contribution is -2.32. The molecule has 0 saturated heterocycles. The van der Waals surface area contributed by atoms with Crippen LogP contribution in [0.25, 0.3) is 0 Å². The summed E-state index contributed by atoms with van der Waals surface area (Å²) in [7, 11) is 0. The second-order valence-electron chi connectivity index (χ2n) is 5.86. The maximum atomic E-state index is 4.62. The molecule has 0 radical (unpaired) electrons. The molecule has 2 rings (SSSR count). The fourth-order valence-electron chi connectivity index (χ4n) is 3.17. The Hall–Kier alpha value is -0.410. The number of aromatic nitrogens is 1. The zero-order valence-electron chi connectivity index (χ0n) is 12.0. The van der Waals surface area contributed by atoms with Crippen LogP contribution in [0.4, 0.5) is 0 Å². The Morgan fingerprint density at radius 1 is 1.42 bits per heavy atom. The van der Waals surface area contributed by atoms with Crippen molar-refractivity contribution in [2.45, 2.75) is 52.0 Å². The highest BCUT2D eigenvalue weighted by molar-refractivity contribution is 9.10. The molecule has 106 valence electrons. The highest BCUT2D eigenvalue weighted by Gasteiger charge is 2.28. The largest absolute Gasteiger partial charge is 0.308 e. The summed E-state index contributed by atoms with van der Waals surface area (Å²) in [4.78, 5) is 4.62. The van der Waals surface area contributed by atoms with Gasteiger partial charge >= 0.3 is 0 Å². The standard InChI is InChI=1S/C16H25BrN2/c1-3-9-18-16(13-6-4-5-12(2)10-13)15-8-7-14(17)11-19-15/h7-8,11-13,16,18H,3-6,9-10H2,1-2H3. The fraction of sp³-hybridized carbons (Fsp3) is 0.688. The summed E-state index contributed by atoms with van der Waals surface area (Å²) in [6, 6.07) is 4.70. The molecule has 3 unspecified atom stereocenters. The van der Waals surface area contributed by atoms with Gasteiger partial charge in [-0.25, -0.2) is 0 Å². The normalized spacial score (nSPS) is 25.2. The maximum absolute atomic E-state index is 4.62. The zero-order chi connectivity index (χ0) is 13.7. The molecule has 1 saturated carbocycles. The fourth-order valence-corrected chi connectivity index (χ4v) is 3.40. The van der Waals surface area contributed by atoms with Crippen LogP contribution in [0.5, 0.6) is 0 Å². The van der Waals surface area contributed by atoms with Crippen molar-refractivity contribution in [3.63, 3.8) is 0 Å². The van der Waals surface area contributed by atoms with Gasteiger partial charge in [-0.15, -0.1) is 0 Å². The molecule has 1 heterocycles. The van der Waals surface area contributed by atoms with E-state index < -0.39 is 0 Å². The Balaban J connectivity index is 2.12. The minimum atomic E-state index is 0.427. The number of nitrogens with one attached hydrogen (secondary N) is 1. The third kappa shape index (κ3) is 4.28. The van der Waals surface area contributed by atoms with Gasteiger partial charge in [0.05, 0.1) is 11.7 Å². The van der Waals surface area contributed by atoms with Crippen LogP contribution in [-0.2, 0) is 0 Å². The predicted octanol–water partition coefficient (Wildman–Crippen LogP) is 4.71. The van der Waals surface area contributed by atoms with E-state index in [1.807, 2.05) is 6.20 Å². The molecule has 1 aromatic rings. The molecule has 0 aromatic carbocycles. The highest BCUT2D eigenvalue weighted by atomic mass is 79.9. The zero-order valence-corrected chi connectivity index (χ0v) is 13.6. The average Bonchev–Trinajstić information content (AvgIpc) is 2.41. The van der Waals surface area contributed by atoms with E-state index >= 15 is 0 Å². The Bertz CT molecular complexity index is 377. The van der Waals surface area contributed by atoms with Crippen molar-refractivity contribution in [1.29, 1.82) is 0 Å². The summed E-state index contributed by atoms with van der Waals surface area (Å²) in [5.74, 6) is 1.60. The van der Waals surface area contributed by atoms with Gasteiger partial charge in [0.1, 0.15) is 0 Å². The first-order chi connectivity index (χ1) is 9.20. The van der Waals surface area contributed by atoms with Crippen LogP contribution in [0, 0.1) is 11.8 Å². The highest BCUT2D eigenvalue weighted by Crippen LogP contribution is 2.36. The number of hydrogen-bond donors (Lipinski definition) is 1. The first kappa shape index (κ1) is 15.0. The van der Waals surface area contributed by atoms with Gasteiger partial charge in [-0.05, 0) is 65.7 Å². The van der Waals surface area contributed by atoms with Gasteiger partial charge in [-0.2, -0.15) is 0 Å². The SMILES string of the molecule is CCCNC(c1ccc(Br)cn1)C1CCCC(C)C1. The number of rotatable bonds is 5. The molecule has 3 atom stereocenters. The Morgan fingerprint density at radius 2 is 2.26 bits per heavy atom. The van der Waals surface area contributed by atoms with E-state index in [2.05, 4.69) is 52.2 Å². The summed E-state index contributed by atoms with van der Waals surface area (Å²) in [6.45, 7) is 5.69. The first-order valence-electron chi connectivity index (χ1n) is 7.55. The lowest BCUT2D eigenvalue weighted by molar-refractivity contribution is 0.221. The minimum absolute atomic E-state index is 0.427. The molecule has 0 bridgehead atoms. The van der Waals surface area contributed by atoms with E-state index in [4.69, 9.17) is 0 Å². The number of hydrogen-bond acceptors (Lipinski definition) is 2. The van der Waals surface area contributed by atoms with Gasteiger partial charge in [0.25, 0.3) is 0 Å². The number of pyridine rings is 1. The minimum Gasteiger partial charge on any atom is -0.308 e. The van der Waals surface area contributed by atoms with Crippen LogP contribution < -0.4 is 5.32 Å². The Kier molecular flexibility index (Phi) is 5.83. The summed E-state index contributed by atoms with van der Waals surface area (Å²) in [5, 5.41) is 3.72. The van der Waals surface area contributed by atoms with Gasteiger partial charge in [0, 0.05) is 10.7 Å². The van der Waals surface area contributed by atoms with Crippen molar-refractivity contribution in [3.05, 3.63) is 28.5 Å². The van der Waals surface area contributed by atoms with E-state index in [0.717, 1.165) is 22.9 Å². The van der Waals surface area contributed by atoms with Crippen molar-refractivity contribution < 1.29 is 0 Å². The molecule has 1 aliphatic carbocycles. The van der Waals surface area contributed by atoms with Crippen molar-refractivity contribution >= 4 is 15.9 Å². The summed E-state index contributed by atoms with van der Waals surface area (Å²) in [5.41, 5.74) is 1.20. The van der Waals surface area contributed by atoms with E-state index in [1.54, 1.807) is 0 Å². The second-order valence-corrected chi connectivity index (χ2v) is 6.78. The topological polar surface area (TPSA) is 24.9 Å². The molecule has 1 fully saturated rings. The predicted molar refractivity (Wildman–Crippen MR) is 84.1 cm³/mol. The van der Waals surface area contributed by atoms with Crippen LogP contribution in [0.1, 0.15) is 57.7 Å². The monoisotopic (exact) mass is 324 g/mol. The molecular weight excluding hydrogens is 300 g/mol. The smallest absolute Gasteiger partial charge is 0.0576 e. The number of halogens is 1. The Morgan fingerprint density at radius 3 is 2.89 bits per heavy atom. The van der Waals surface area contributed by atoms with Gasteiger partial charge in [0.2, 0.25) is 0 Å². The molecule has 0 spiro atoms. The van der Waals surface area contributed by atoms with Crippen LogP contribution in [0.3, 0.4) is 0 Å². The molecule has 3 heteroatoms. The summed E-state index contributed by atoms with van der Waals surface area (Å²) >= 11 is 3.47. The summed E-state index contributed by atoms with van der Waals surface area (Å²) < 4.78 is 1.06. The van der Waals surface area contributed by atoms with Gasteiger partial charge in [0.15, 0.2) is 0 Å².